The minimum atomic E-state index is -3.32. The SMILES string of the molecule is Cc1ccc(C(=O)CNS(C)(=O)=O)cc1C. The maximum Gasteiger partial charge on any atom is 0.209 e. The maximum absolute atomic E-state index is 11.6. The Morgan fingerprint density at radius 3 is 2.38 bits per heavy atom. The third kappa shape index (κ3) is 3.75. The van der Waals surface area contributed by atoms with Gasteiger partial charge in [0, 0.05) is 5.56 Å². The van der Waals surface area contributed by atoms with Crippen LogP contribution in [-0.2, 0) is 10.0 Å². The molecule has 0 unspecified atom stereocenters. The maximum atomic E-state index is 11.6. The first kappa shape index (κ1) is 12.9. The zero-order valence-electron chi connectivity index (χ0n) is 9.57. The summed E-state index contributed by atoms with van der Waals surface area (Å²) in [7, 11) is -3.32. The number of benzene rings is 1. The molecule has 0 heterocycles. The molecule has 0 amide bonds. The summed E-state index contributed by atoms with van der Waals surface area (Å²) in [5.74, 6) is -0.228. The average Bonchev–Trinajstić information content (AvgIpc) is 2.17. The molecular formula is C11H15NO3S. The van der Waals surface area contributed by atoms with Crippen LogP contribution in [0.3, 0.4) is 0 Å². The largest absolute Gasteiger partial charge is 0.293 e. The van der Waals surface area contributed by atoms with Crippen LogP contribution < -0.4 is 4.72 Å². The van der Waals surface area contributed by atoms with Crippen molar-refractivity contribution >= 4 is 15.8 Å². The molecule has 0 radical (unpaired) electrons. The number of carbonyl (C=O) groups is 1. The summed E-state index contributed by atoms with van der Waals surface area (Å²) in [6.07, 6.45) is 1.03. The highest BCUT2D eigenvalue weighted by Crippen LogP contribution is 2.10. The molecule has 0 bridgehead atoms. The number of hydrogen-bond donors (Lipinski definition) is 1. The lowest BCUT2D eigenvalue weighted by Crippen LogP contribution is -2.28. The topological polar surface area (TPSA) is 63.2 Å². The first-order valence-corrected chi connectivity index (χ1v) is 6.74. The van der Waals surface area contributed by atoms with E-state index in [0.29, 0.717) is 5.56 Å². The lowest BCUT2D eigenvalue weighted by Gasteiger charge is -2.05. The molecule has 0 fully saturated rings. The van der Waals surface area contributed by atoms with Crippen LogP contribution in [-0.4, -0.2) is 27.0 Å². The van der Waals surface area contributed by atoms with Crippen LogP contribution in [0.2, 0.25) is 0 Å². The number of ketones is 1. The summed E-state index contributed by atoms with van der Waals surface area (Å²) in [5.41, 5.74) is 2.65. The van der Waals surface area contributed by atoms with Gasteiger partial charge < -0.3 is 0 Å². The van der Waals surface area contributed by atoms with Gasteiger partial charge in [0.2, 0.25) is 10.0 Å². The highest BCUT2D eigenvalue weighted by Gasteiger charge is 2.09. The Morgan fingerprint density at radius 1 is 1.25 bits per heavy atom. The fraction of sp³-hybridized carbons (Fsp3) is 0.364. The van der Waals surface area contributed by atoms with Crippen molar-refractivity contribution < 1.29 is 13.2 Å². The summed E-state index contributed by atoms with van der Waals surface area (Å²) in [5, 5.41) is 0. The van der Waals surface area contributed by atoms with Gasteiger partial charge in [-0.05, 0) is 31.0 Å². The second-order valence-corrected chi connectivity index (χ2v) is 5.65. The molecule has 1 rings (SSSR count). The van der Waals surface area contributed by atoms with Gasteiger partial charge in [-0.15, -0.1) is 0 Å². The number of sulfonamides is 1. The van der Waals surface area contributed by atoms with E-state index >= 15 is 0 Å². The molecular weight excluding hydrogens is 226 g/mol. The summed E-state index contributed by atoms with van der Waals surface area (Å²) in [6, 6.07) is 5.32. The van der Waals surface area contributed by atoms with Crippen molar-refractivity contribution in [1.82, 2.24) is 4.72 Å². The minimum absolute atomic E-state index is 0.193. The van der Waals surface area contributed by atoms with Crippen molar-refractivity contribution in [3.63, 3.8) is 0 Å². The van der Waals surface area contributed by atoms with E-state index in [1.165, 1.54) is 0 Å². The van der Waals surface area contributed by atoms with Crippen LogP contribution >= 0.6 is 0 Å². The zero-order chi connectivity index (χ0) is 12.3. The van der Waals surface area contributed by atoms with Gasteiger partial charge >= 0.3 is 0 Å². The molecule has 0 aliphatic rings. The van der Waals surface area contributed by atoms with Crippen LogP contribution in [0, 0.1) is 13.8 Å². The molecule has 0 spiro atoms. The molecule has 5 heteroatoms. The Hall–Kier alpha value is -1.20. The molecule has 0 atom stereocenters. The van der Waals surface area contributed by atoms with Gasteiger partial charge in [-0.3, -0.25) is 4.79 Å². The zero-order valence-corrected chi connectivity index (χ0v) is 10.4. The Morgan fingerprint density at radius 2 is 1.88 bits per heavy atom. The summed E-state index contributed by atoms with van der Waals surface area (Å²) in [4.78, 5) is 11.6. The molecule has 0 aliphatic heterocycles. The first-order chi connectivity index (χ1) is 7.29. The highest BCUT2D eigenvalue weighted by molar-refractivity contribution is 7.88. The third-order valence-corrected chi connectivity index (χ3v) is 2.99. The minimum Gasteiger partial charge on any atom is -0.293 e. The average molecular weight is 241 g/mol. The van der Waals surface area contributed by atoms with E-state index in [9.17, 15) is 13.2 Å². The summed E-state index contributed by atoms with van der Waals surface area (Å²) >= 11 is 0. The monoisotopic (exact) mass is 241 g/mol. The van der Waals surface area contributed by atoms with Gasteiger partial charge in [-0.25, -0.2) is 13.1 Å². The fourth-order valence-corrected chi connectivity index (χ4v) is 1.61. The second kappa shape index (κ2) is 4.76. The Kier molecular flexibility index (Phi) is 3.83. The Labute approximate surface area is 95.7 Å². The molecule has 0 saturated heterocycles. The molecule has 1 aromatic rings. The van der Waals surface area contributed by atoms with Crippen molar-refractivity contribution in [2.75, 3.05) is 12.8 Å². The lowest BCUT2D eigenvalue weighted by atomic mass is 10.0. The molecule has 0 aliphatic carbocycles. The predicted molar refractivity (Wildman–Crippen MR) is 63.1 cm³/mol. The van der Waals surface area contributed by atoms with Gasteiger partial charge in [0.1, 0.15) is 0 Å². The van der Waals surface area contributed by atoms with E-state index in [2.05, 4.69) is 4.72 Å². The normalized spacial score (nSPS) is 11.4. The molecule has 4 nitrogen and oxygen atoms in total. The van der Waals surface area contributed by atoms with Crippen LogP contribution in [0.5, 0.6) is 0 Å². The van der Waals surface area contributed by atoms with E-state index in [1.54, 1.807) is 12.1 Å². The molecule has 16 heavy (non-hydrogen) atoms. The van der Waals surface area contributed by atoms with Gasteiger partial charge in [0.15, 0.2) is 5.78 Å². The second-order valence-electron chi connectivity index (χ2n) is 3.82. The van der Waals surface area contributed by atoms with E-state index in [1.807, 2.05) is 19.9 Å². The molecule has 1 aromatic carbocycles. The van der Waals surface area contributed by atoms with Gasteiger partial charge in [-0.1, -0.05) is 12.1 Å². The number of Topliss-reactive ketones (excluding diaryl/α,β-unsaturated/α-hetero) is 1. The van der Waals surface area contributed by atoms with Crippen molar-refractivity contribution in [3.05, 3.63) is 34.9 Å². The molecule has 88 valence electrons. The molecule has 1 N–H and O–H groups in total. The summed E-state index contributed by atoms with van der Waals surface area (Å²) < 4.78 is 23.8. The van der Waals surface area contributed by atoms with Gasteiger partial charge in [0.05, 0.1) is 12.8 Å². The van der Waals surface area contributed by atoms with Crippen LogP contribution in [0.25, 0.3) is 0 Å². The third-order valence-electron chi connectivity index (χ3n) is 2.32. The van der Waals surface area contributed by atoms with Gasteiger partial charge in [-0.2, -0.15) is 0 Å². The van der Waals surface area contributed by atoms with Crippen LogP contribution in [0.15, 0.2) is 18.2 Å². The number of nitrogens with one attached hydrogen (secondary N) is 1. The number of carbonyl (C=O) groups excluding carboxylic acids is 1. The van der Waals surface area contributed by atoms with Crippen molar-refractivity contribution in [2.45, 2.75) is 13.8 Å². The van der Waals surface area contributed by atoms with E-state index < -0.39 is 10.0 Å². The molecule has 0 aromatic heterocycles. The van der Waals surface area contributed by atoms with Crippen molar-refractivity contribution in [3.8, 4) is 0 Å². The molecule has 0 saturated carbocycles. The number of hydrogen-bond acceptors (Lipinski definition) is 3. The Balaban J connectivity index is 2.78. The first-order valence-electron chi connectivity index (χ1n) is 4.84. The van der Waals surface area contributed by atoms with Crippen molar-refractivity contribution in [2.24, 2.45) is 0 Å². The van der Waals surface area contributed by atoms with E-state index in [-0.39, 0.29) is 12.3 Å². The van der Waals surface area contributed by atoms with Crippen molar-refractivity contribution in [1.29, 1.82) is 0 Å². The van der Waals surface area contributed by atoms with Crippen LogP contribution in [0.4, 0.5) is 0 Å². The highest BCUT2D eigenvalue weighted by atomic mass is 32.2. The standard InChI is InChI=1S/C11H15NO3S/c1-8-4-5-10(6-9(8)2)11(13)7-12-16(3,14)15/h4-6,12H,7H2,1-3H3. The fourth-order valence-electron chi connectivity index (χ4n) is 1.21. The van der Waals surface area contributed by atoms with E-state index in [4.69, 9.17) is 0 Å². The smallest absolute Gasteiger partial charge is 0.209 e. The van der Waals surface area contributed by atoms with Crippen LogP contribution in [0.1, 0.15) is 21.5 Å². The lowest BCUT2D eigenvalue weighted by molar-refractivity contribution is 0.0997. The number of rotatable bonds is 4. The van der Waals surface area contributed by atoms with Gasteiger partial charge in [0.25, 0.3) is 0 Å². The summed E-state index contributed by atoms with van der Waals surface area (Å²) in [6.45, 7) is 3.68. The quantitative estimate of drug-likeness (QED) is 0.801. The number of aryl methyl sites for hydroxylation is 2. The predicted octanol–water partition coefficient (Wildman–Crippen LogP) is 1.04. The van der Waals surface area contributed by atoms with E-state index in [0.717, 1.165) is 17.4 Å². The Bertz CT molecular complexity index is 506.